The minimum atomic E-state index is 0.0316. The predicted octanol–water partition coefficient (Wildman–Crippen LogP) is 3.75. The van der Waals surface area contributed by atoms with Crippen LogP contribution in [0.15, 0.2) is 60.7 Å². The molecule has 0 radical (unpaired) electrons. The Bertz CT molecular complexity index is 751. The second kappa shape index (κ2) is 9.90. The number of piperidine rings is 1. The molecule has 2 aliphatic heterocycles. The highest BCUT2D eigenvalue weighted by Gasteiger charge is 2.26. The lowest BCUT2D eigenvalue weighted by atomic mass is 9.96. The number of urea groups is 1. The zero-order chi connectivity index (χ0) is 19.9. The van der Waals surface area contributed by atoms with Gasteiger partial charge < -0.3 is 15.1 Å². The standard InChI is InChI=1S/C24H32N4O/c29-24(25-23-9-5-2-6-10-23)28-13-11-22(12-14-28)20-27-17-15-26(16-18-27)19-21-7-3-1-4-8-21/h1-10,22H,11-20H2,(H,25,29). The number of carbonyl (C=O) groups is 1. The third-order valence-corrected chi connectivity index (χ3v) is 6.16. The summed E-state index contributed by atoms with van der Waals surface area (Å²) in [5.41, 5.74) is 2.27. The van der Waals surface area contributed by atoms with Crippen molar-refractivity contribution < 1.29 is 4.79 Å². The number of nitrogens with zero attached hydrogens (tertiary/aromatic N) is 3. The van der Waals surface area contributed by atoms with Gasteiger partial charge in [-0.1, -0.05) is 48.5 Å². The number of hydrogen-bond donors (Lipinski definition) is 1. The van der Waals surface area contributed by atoms with E-state index in [9.17, 15) is 4.79 Å². The van der Waals surface area contributed by atoms with Gasteiger partial charge in [-0.25, -0.2) is 4.79 Å². The molecule has 29 heavy (non-hydrogen) atoms. The summed E-state index contributed by atoms with van der Waals surface area (Å²) < 4.78 is 0. The minimum Gasteiger partial charge on any atom is -0.325 e. The third kappa shape index (κ3) is 5.81. The Labute approximate surface area is 174 Å². The molecule has 5 heteroatoms. The van der Waals surface area contributed by atoms with Crippen molar-refractivity contribution in [3.05, 3.63) is 66.2 Å². The van der Waals surface area contributed by atoms with Crippen LogP contribution in [0.1, 0.15) is 18.4 Å². The molecular formula is C24H32N4O. The molecule has 2 fully saturated rings. The Balaban J connectivity index is 1.15. The summed E-state index contributed by atoms with van der Waals surface area (Å²) in [7, 11) is 0. The number of anilines is 1. The minimum absolute atomic E-state index is 0.0316. The number of amides is 2. The molecule has 2 saturated heterocycles. The largest absolute Gasteiger partial charge is 0.325 e. The zero-order valence-electron chi connectivity index (χ0n) is 17.2. The molecule has 2 amide bonds. The van der Waals surface area contributed by atoms with Gasteiger partial charge in [-0.3, -0.25) is 4.90 Å². The third-order valence-electron chi connectivity index (χ3n) is 6.16. The summed E-state index contributed by atoms with van der Waals surface area (Å²) in [6, 6.07) is 20.5. The van der Waals surface area contributed by atoms with Crippen LogP contribution in [0.25, 0.3) is 0 Å². The van der Waals surface area contributed by atoms with Crippen molar-refractivity contribution in [2.75, 3.05) is 51.1 Å². The highest BCUT2D eigenvalue weighted by atomic mass is 16.2. The molecule has 0 aromatic heterocycles. The average molecular weight is 393 g/mol. The predicted molar refractivity (Wildman–Crippen MR) is 118 cm³/mol. The van der Waals surface area contributed by atoms with Crippen molar-refractivity contribution in [1.29, 1.82) is 0 Å². The van der Waals surface area contributed by atoms with E-state index in [1.807, 2.05) is 35.2 Å². The van der Waals surface area contributed by atoms with E-state index in [1.54, 1.807) is 0 Å². The fourth-order valence-corrected chi connectivity index (χ4v) is 4.38. The fourth-order valence-electron chi connectivity index (χ4n) is 4.38. The first-order valence-corrected chi connectivity index (χ1v) is 10.9. The van der Waals surface area contributed by atoms with Crippen LogP contribution in [-0.4, -0.2) is 66.5 Å². The first kappa shape index (κ1) is 19.9. The molecule has 0 aliphatic carbocycles. The second-order valence-electron chi connectivity index (χ2n) is 8.29. The van der Waals surface area contributed by atoms with Gasteiger partial charge in [0.25, 0.3) is 0 Å². The highest BCUT2D eigenvalue weighted by molar-refractivity contribution is 5.89. The van der Waals surface area contributed by atoms with Crippen LogP contribution >= 0.6 is 0 Å². The molecule has 1 N–H and O–H groups in total. The maximum Gasteiger partial charge on any atom is 0.321 e. The number of hydrogen-bond acceptors (Lipinski definition) is 3. The molecule has 2 aromatic carbocycles. The van der Waals surface area contributed by atoms with E-state index >= 15 is 0 Å². The molecule has 2 aromatic rings. The summed E-state index contributed by atoms with van der Waals surface area (Å²) in [6.07, 6.45) is 2.21. The van der Waals surface area contributed by atoms with Gasteiger partial charge in [-0.15, -0.1) is 0 Å². The Hall–Kier alpha value is -2.37. The van der Waals surface area contributed by atoms with Crippen molar-refractivity contribution in [2.45, 2.75) is 19.4 Å². The van der Waals surface area contributed by atoms with Gasteiger partial charge in [0, 0.05) is 58.0 Å². The van der Waals surface area contributed by atoms with Crippen LogP contribution in [0.4, 0.5) is 10.5 Å². The summed E-state index contributed by atoms with van der Waals surface area (Å²) in [5.74, 6) is 0.705. The van der Waals surface area contributed by atoms with Gasteiger partial charge in [-0.05, 0) is 36.5 Å². The van der Waals surface area contributed by atoms with Gasteiger partial charge in [-0.2, -0.15) is 0 Å². The summed E-state index contributed by atoms with van der Waals surface area (Å²) in [4.78, 5) is 19.6. The molecule has 0 atom stereocenters. The van der Waals surface area contributed by atoms with Gasteiger partial charge in [0.05, 0.1) is 0 Å². The molecule has 2 heterocycles. The number of rotatable bonds is 5. The molecule has 0 spiro atoms. The van der Waals surface area contributed by atoms with Crippen LogP contribution in [0, 0.1) is 5.92 Å². The summed E-state index contributed by atoms with van der Waals surface area (Å²) in [5, 5.41) is 3.00. The van der Waals surface area contributed by atoms with E-state index in [1.165, 1.54) is 12.1 Å². The van der Waals surface area contributed by atoms with E-state index in [2.05, 4.69) is 45.4 Å². The zero-order valence-corrected chi connectivity index (χ0v) is 17.2. The number of nitrogens with one attached hydrogen (secondary N) is 1. The van der Waals surface area contributed by atoms with Crippen molar-refractivity contribution in [3.8, 4) is 0 Å². The van der Waals surface area contributed by atoms with E-state index in [0.717, 1.165) is 64.3 Å². The van der Waals surface area contributed by atoms with Crippen LogP contribution < -0.4 is 5.32 Å². The molecule has 0 saturated carbocycles. The molecule has 0 unspecified atom stereocenters. The highest BCUT2D eigenvalue weighted by Crippen LogP contribution is 2.20. The van der Waals surface area contributed by atoms with E-state index in [-0.39, 0.29) is 6.03 Å². The average Bonchev–Trinajstić information content (AvgIpc) is 2.77. The van der Waals surface area contributed by atoms with E-state index in [0.29, 0.717) is 5.92 Å². The van der Waals surface area contributed by atoms with Gasteiger partial charge in [0.1, 0.15) is 0 Å². The number of carbonyl (C=O) groups excluding carboxylic acids is 1. The molecular weight excluding hydrogens is 360 g/mol. The van der Waals surface area contributed by atoms with Gasteiger partial charge in [0.2, 0.25) is 0 Å². The maximum absolute atomic E-state index is 12.4. The fraction of sp³-hybridized carbons (Fsp3) is 0.458. The van der Waals surface area contributed by atoms with Crippen molar-refractivity contribution in [3.63, 3.8) is 0 Å². The molecule has 4 rings (SSSR count). The number of benzene rings is 2. The van der Waals surface area contributed by atoms with Crippen LogP contribution in [0.3, 0.4) is 0 Å². The molecule has 0 bridgehead atoms. The van der Waals surface area contributed by atoms with Crippen LogP contribution in [0.2, 0.25) is 0 Å². The lowest BCUT2D eigenvalue weighted by Crippen LogP contribution is -2.49. The first-order chi connectivity index (χ1) is 14.3. The lowest BCUT2D eigenvalue weighted by molar-refractivity contribution is 0.0972. The van der Waals surface area contributed by atoms with Crippen LogP contribution in [0.5, 0.6) is 0 Å². The quantitative estimate of drug-likeness (QED) is 0.842. The number of piperazine rings is 1. The molecule has 5 nitrogen and oxygen atoms in total. The topological polar surface area (TPSA) is 38.8 Å². The van der Waals surface area contributed by atoms with Crippen molar-refractivity contribution >= 4 is 11.7 Å². The Morgan fingerprint density at radius 1 is 0.793 bits per heavy atom. The number of para-hydroxylation sites is 1. The van der Waals surface area contributed by atoms with E-state index in [4.69, 9.17) is 0 Å². The van der Waals surface area contributed by atoms with Crippen LogP contribution in [-0.2, 0) is 6.54 Å². The van der Waals surface area contributed by atoms with Gasteiger partial charge in [0.15, 0.2) is 0 Å². The maximum atomic E-state index is 12.4. The summed E-state index contributed by atoms with van der Waals surface area (Å²) >= 11 is 0. The Morgan fingerprint density at radius 3 is 2.03 bits per heavy atom. The monoisotopic (exact) mass is 392 g/mol. The second-order valence-corrected chi connectivity index (χ2v) is 8.29. The summed E-state index contributed by atoms with van der Waals surface area (Å²) in [6.45, 7) is 8.55. The SMILES string of the molecule is O=C(Nc1ccccc1)N1CCC(CN2CCN(Cc3ccccc3)CC2)CC1. The normalized spacial score (nSPS) is 19.2. The Morgan fingerprint density at radius 2 is 1.38 bits per heavy atom. The van der Waals surface area contributed by atoms with Crippen molar-refractivity contribution in [1.82, 2.24) is 14.7 Å². The van der Waals surface area contributed by atoms with Gasteiger partial charge >= 0.3 is 6.03 Å². The number of likely N-dealkylation sites (tertiary alicyclic amines) is 1. The van der Waals surface area contributed by atoms with Crippen molar-refractivity contribution in [2.24, 2.45) is 5.92 Å². The van der Waals surface area contributed by atoms with E-state index < -0.39 is 0 Å². The Kier molecular flexibility index (Phi) is 6.80. The molecule has 2 aliphatic rings. The lowest BCUT2D eigenvalue weighted by Gasteiger charge is -2.39. The smallest absolute Gasteiger partial charge is 0.321 e. The first-order valence-electron chi connectivity index (χ1n) is 10.9. The molecule has 154 valence electrons.